The van der Waals surface area contributed by atoms with Crippen LogP contribution < -0.4 is 20.7 Å². The molecule has 3 heterocycles. The van der Waals surface area contributed by atoms with Gasteiger partial charge in [-0.3, -0.25) is 9.78 Å². The number of hydrogen-bond donors (Lipinski definition) is 3. The summed E-state index contributed by atoms with van der Waals surface area (Å²) in [6.07, 6.45) is 5.31. The van der Waals surface area contributed by atoms with Crippen LogP contribution >= 0.6 is 11.6 Å². The molecule has 212 valence electrons. The van der Waals surface area contributed by atoms with Crippen molar-refractivity contribution in [2.75, 3.05) is 19.0 Å². The molecule has 0 aliphatic carbocycles. The van der Waals surface area contributed by atoms with Crippen LogP contribution in [0, 0.1) is 12.7 Å². The Kier molecular flexibility index (Phi) is 7.69. The van der Waals surface area contributed by atoms with Gasteiger partial charge in [-0.25, -0.2) is 14.4 Å². The second-order valence-corrected chi connectivity index (χ2v) is 10.5. The summed E-state index contributed by atoms with van der Waals surface area (Å²) in [5, 5.41) is 9.86. The molecule has 0 unspecified atom stereocenters. The van der Waals surface area contributed by atoms with Crippen molar-refractivity contribution in [1.82, 2.24) is 25.6 Å². The average molecular weight is 583 g/mol. The fraction of sp³-hybridized carbons (Fsp3) is 0.188. The Hall–Kier alpha value is -4.60. The minimum Gasteiger partial charge on any atom is -0.496 e. The maximum atomic E-state index is 15.5. The maximum Gasteiger partial charge on any atom is 0.221 e. The van der Waals surface area contributed by atoms with Crippen LogP contribution in [0.15, 0.2) is 73.2 Å². The molecule has 42 heavy (non-hydrogen) atoms. The highest BCUT2D eigenvalue weighted by Crippen LogP contribution is 2.40. The lowest BCUT2D eigenvalue weighted by atomic mass is 9.91. The van der Waals surface area contributed by atoms with E-state index in [9.17, 15) is 4.79 Å². The van der Waals surface area contributed by atoms with Gasteiger partial charge >= 0.3 is 0 Å². The quantitative estimate of drug-likeness (QED) is 0.200. The molecule has 0 saturated carbocycles. The van der Waals surface area contributed by atoms with Crippen molar-refractivity contribution in [2.24, 2.45) is 0 Å². The zero-order chi connectivity index (χ0) is 29.2. The standard InChI is InChI=1S/C32H28ClFN6O2/c1-18-21(19-13-25(34)24(28(14-19)42-2)17-38-20-15-29(41)39-16-20)5-3-6-22(18)23-7-4-8-26(30(23)33)40-32-31-27(9-10-37-32)35-11-12-36-31/h3-14,20,38H,15-17H2,1-2H3,(H,37,40)(H,39,41)/t20-/m0/s1. The minimum absolute atomic E-state index is 0.00778. The summed E-state index contributed by atoms with van der Waals surface area (Å²) in [5.41, 5.74) is 6.67. The molecule has 1 aliphatic rings. The highest BCUT2D eigenvalue weighted by Gasteiger charge is 2.23. The summed E-state index contributed by atoms with van der Waals surface area (Å²) in [6, 6.07) is 16.8. The number of fused-ring (bicyclic) bond motifs is 1. The number of aromatic nitrogens is 3. The number of carbonyl (C=O) groups is 1. The van der Waals surface area contributed by atoms with Gasteiger partial charge in [0.05, 0.1) is 23.3 Å². The fourth-order valence-corrected chi connectivity index (χ4v) is 5.58. The van der Waals surface area contributed by atoms with Crippen LogP contribution in [-0.4, -0.2) is 40.6 Å². The number of carbonyl (C=O) groups excluding carboxylic acids is 1. The Balaban J connectivity index is 1.32. The molecule has 2 aromatic heterocycles. The molecule has 0 bridgehead atoms. The molecule has 5 aromatic rings. The van der Waals surface area contributed by atoms with E-state index in [2.05, 4.69) is 30.9 Å². The number of halogens is 2. The summed E-state index contributed by atoms with van der Waals surface area (Å²) in [5.74, 6) is 0.605. The van der Waals surface area contributed by atoms with Crippen LogP contribution in [0.2, 0.25) is 5.02 Å². The van der Waals surface area contributed by atoms with Crippen molar-refractivity contribution in [1.29, 1.82) is 0 Å². The Morgan fingerprint density at radius 1 is 1.02 bits per heavy atom. The summed E-state index contributed by atoms with van der Waals surface area (Å²) in [6.45, 7) is 2.77. The smallest absolute Gasteiger partial charge is 0.221 e. The molecule has 1 aliphatic heterocycles. The first kappa shape index (κ1) is 27.6. The molecule has 1 atom stereocenters. The van der Waals surface area contributed by atoms with E-state index in [4.69, 9.17) is 16.3 Å². The van der Waals surface area contributed by atoms with Crippen molar-refractivity contribution in [3.8, 4) is 28.0 Å². The lowest BCUT2D eigenvalue weighted by Crippen LogP contribution is -2.30. The van der Waals surface area contributed by atoms with Gasteiger partial charge in [-0.05, 0) is 53.4 Å². The van der Waals surface area contributed by atoms with Gasteiger partial charge in [0.1, 0.15) is 17.1 Å². The number of pyridine rings is 1. The zero-order valence-electron chi connectivity index (χ0n) is 23.0. The third-order valence-corrected chi connectivity index (χ3v) is 7.90. The SMILES string of the molecule is COc1cc(-c2cccc(-c3cccc(Nc4nccc5nccnc45)c3Cl)c2C)cc(F)c1CN[C@@H]1CNC(=O)C1. The molecule has 8 nitrogen and oxygen atoms in total. The summed E-state index contributed by atoms with van der Waals surface area (Å²) in [4.78, 5) is 24.7. The van der Waals surface area contributed by atoms with Crippen molar-refractivity contribution >= 4 is 40.0 Å². The Bertz CT molecular complexity index is 1810. The molecule has 3 aromatic carbocycles. The second-order valence-electron chi connectivity index (χ2n) is 10.1. The van der Waals surface area contributed by atoms with Crippen LogP contribution in [-0.2, 0) is 11.3 Å². The molecular formula is C32H28ClFN6O2. The summed E-state index contributed by atoms with van der Waals surface area (Å²) >= 11 is 6.97. The number of nitrogens with one attached hydrogen (secondary N) is 3. The van der Waals surface area contributed by atoms with E-state index in [1.165, 1.54) is 13.2 Å². The predicted octanol–water partition coefficient (Wildman–Crippen LogP) is 6.19. The van der Waals surface area contributed by atoms with Gasteiger partial charge in [0.15, 0.2) is 5.82 Å². The fourth-order valence-electron chi connectivity index (χ4n) is 5.31. The van der Waals surface area contributed by atoms with Gasteiger partial charge in [0.25, 0.3) is 0 Å². The average Bonchev–Trinajstić information content (AvgIpc) is 3.42. The highest BCUT2D eigenvalue weighted by atomic mass is 35.5. The number of anilines is 2. The van der Waals surface area contributed by atoms with Crippen molar-refractivity contribution in [2.45, 2.75) is 25.9 Å². The first-order valence-electron chi connectivity index (χ1n) is 13.5. The van der Waals surface area contributed by atoms with Gasteiger partial charge in [-0.1, -0.05) is 41.9 Å². The molecular weight excluding hydrogens is 555 g/mol. The third kappa shape index (κ3) is 5.36. The van der Waals surface area contributed by atoms with Crippen LogP contribution in [0.4, 0.5) is 15.9 Å². The van der Waals surface area contributed by atoms with E-state index >= 15 is 4.39 Å². The van der Waals surface area contributed by atoms with Crippen LogP contribution in [0.3, 0.4) is 0 Å². The van der Waals surface area contributed by atoms with Crippen molar-refractivity contribution < 1.29 is 13.9 Å². The highest BCUT2D eigenvalue weighted by molar-refractivity contribution is 6.36. The van der Waals surface area contributed by atoms with Crippen LogP contribution in [0.25, 0.3) is 33.3 Å². The number of hydrogen-bond acceptors (Lipinski definition) is 7. The van der Waals surface area contributed by atoms with E-state index in [0.29, 0.717) is 51.9 Å². The number of rotatable bonds is 8. The zero-order valence-corrected chi connectivity index (χ0v) is 23.8. The van der Waals surface area contributed by atoms with E-state index < -0.39 is 0 Å². The Morgan fingerprint density at radius 2 is 1.81 bits per heavy atom. The molecule has 1 fully saturated rings. The van der Waals surface area contributed by atoms with Gasteiger partial charge < -0.3 is 20.7 Å². The molecule has 0 spiro atoms. The number of benzene rings is 3. The predicted molar refractivity (Wildman–Crippen MR) is 162 cm³/mol. The minimum atomic E-state index is -0.381. The van der Waals surface area contributed by atoms with E-state index in [1.807, 2.05) is 49.4 Å². The van der Waals surface area contributed by atoms with Gasteiger partial charge in [0, 0.05) is 55.3 Å². The van der Waals surface area contributed by atoms with Gasteiger partial charge in [-0.2, -0.15) is 0 Å². The van der Waals surface area contributed by atoms with Crippen molar-refractivity contribution in [3.63, 3.8) is 0 Å². The molecule has 10 heteroatoms. The largest absolute Gasteiger partial charge is 0.496 e. The van der Waals surface area contributed by atoms with Crippen LogP contribution in [0.5, 0.6) is 5.75 Å². The van der Waals surface area contributed by atoms with Crippen molar-refractivity contribution in [3.05, 3.63) is 95.2 Å². The van der Waals surface area contributed by atoms with E-state index in [1.54, 1.807) is 24.7 Å². The molecule has 0 radical (unpaired) electrons. The monoisotopic (exact) mass is 582 g/mol. The number of amides is 1. The van der Waals surface area contributed by atoms with Gasteiger partial charge in [0.2, 0.25) is 5.91 Å². The number of ether oxygens (including phenoxy) is 1. The number of nitrogens with zero attached hydrogens (tertiary/aromatic N) is 3. The molecule has 1 saturated heterocycles. The second kappa shape index (κ2) is 11.7. The Labute approximate surface area is 247 Å². The first-order chi connectivity index (χ1) is 20.4. The summed E-state index contributed by atoms with van der Waals surface area (Å²) in [7, 11) is 1.53. The molecule has 3 N–H and O–H groups in total. The normalized spacial score (nSPS) is 14.7. The molecule has 1 amide bonds. The maximum absolute atomic E-state index is 15.5. The van der Waals surface area contributed by atoms with E-state index in [0.717, 1.165) is 27.8 Å². The van der Waals surface area contributed by atoms with Gasteiger partial charge in [-0.15, -0.1) is 0 Å². The number of methoxy groups -OCH3 is 1. The van der Waals surface area contributed by atoms with E-state index in [-0.39, 0.29) is 24.3 Å². The lowest BCUT2D eigenvalue weighted by Gasteiger charge is -2.18. The topological polar surface area (TPSA) is 101 Å². The lowest BCUT2D eigenvalue weighted by molar-refractivity contribution is -0.119. The summed E-state index contributed by atoms with van der Waals surface area (Å²) < 4.78 is 21.1. The Morgan fingerprint density at radius 3 is 2.62 bits per heavy atom. The van der Waals surface area contributed by atoms with Crippen LogP contribution in [0.1, 0.15) is 17.5 Å². The first-order valence-corrected chi connectivity index (χ1v) is 13.9. The third-order valence-electron chi connectivity index (χ3n) is 7.49. The molecule has 6 rings (SSSR count).